The number of benzene rings is 1. The van der Waals surface area contributed by atoms with Gasteiger partial charge in [0.05, 0.1) is 0 Å². The number of tetrazole rings is 1. The fraction of sp³-hybridized carbons (Fsp3) is 0.333. The van der Waals surface area contributed by atoms with Crippen molar-refractivity contribution in [3.8, 4) is 5.75 Å². The minimum atomic E-state index is -0.181. The summed E-state index contributed by atoms with van der Waals surface area (Å²) in [5, 5.41) is 16.7. The molecule has 0 fully saturated rings. The third-order valence-corrected chi connectivity index (χ3v) is 2.89. The molecule has 1 amide bonds. The summed E-state index contributed by atoms with van der Waals surface area (Å²) in [5.41, 5.74) is 1.76. The largest absolute Gasteiger partial charge is 0.492 e. The maximum atomic E-state index is 11.8. The zero-order valence-electron chi connectivity index (χ0n) is 10.7. The van der Waals surface area contributed by atoms with Gasteiger partial charge in [0.2, 0.25) is 5.91 Å². The molecule has 0 saturated heterocycles. The van der Waals surface area contributed by atoms with Crippen LogP contribution < -0.4 is 15.4 Å². The van der Waals surface area contributed by atoms with E-state index in [0.717, 1.165) is 30.1 Å². The molecule has 104 valence electrons. The lowest BCUT2D eigenvalue weighted by Crippen LogP contribution is -2.19. The summed E-state index contributed by atoms with van der Waals surface area (Å²) in [6.07, 6.45) is 1.40. The average molecular weight is 274 g/mol. The molecule has 0 unspecified atom stereocenters. The van der Waals surface area contributed by atoms with Crippen molar-refractivity contribution < 1.29 is 9.53 Å². The van der Waals surface area contributed by atoms with E-state index in [4.69, 9.17) is 4.74 Å². The van der Waals surface area contributed by atoms with E-state index in [9.17, 15) is 4.79 Å². The Hall–Kier alpha value is -2.48. The minimum Gasteiger partial charge on any atom is -0.492 e. The smallest absolute Gasteiger partial charge is 0.246 e. The number of rotatable bonds is 3. The van der Waals surface area contributed by atoms with Gasteiger partial charge >= 0.3 is 0 Å². The third kappa shape index (κ3) is 2.91. The van der Waals surface area contributed by atoms with Crippen LogP contribution >= 0.6 is 0 Å². The van der Waals surface area contributed by atoms with Gasteiger partial charge in [0.15, 0.2) is 0 Å². The van der Waals surface area contributed by atoms with E-state index in [1.165, 1.54) is 11.0 Å². The predicted octanol–water partition coefficient (Wildman–Crippen LogP) is -0.206. The molecular formula is C12H14N6O2. The third-order valence-electron chi connectivity index (χ3n) is 2.89. The second-order valence-electron chi connectivity index (χ2n) is 4.40. The van der Waals surface area contributed by atoms with E-state index in [2.05, 4.69) is 26.2 Å². The first-order valence-corrected chi connectivity index (χ1v) is 6.28. The van der Waals surface area contributed by atoms with Gasteiger partial charge in [-0.3, -0.25) is 4.79 Å². The van der Waals surface area contributed by atoms with Gasteiger partial charge in [-0.1, -0.05) is 0 Å². The topological polar surface area (TPSA) is 94.0 Å². The Labute approximate surface area is 115 Å². The summed E-state index contributed by atoms with van der Waals surface area (Å²) in [7, 11) is 0. The molecule has 3 rings (SSSR count). The van der Waals surface area contributed by atoms with Crippen molar-refractivity contribution in [2.24, 2.45) is 0 Å². The van der Waals surface area contributed by atoms with Crippen LogP contribution in [0.15, 0.2) is 24.5 Å². The van der Waals surface area contributed by atoms with Crippen LogP contribution in [0, 0.1) is 0 Å². The Bertz CT molecular complexity index is 598. The van der Waals surface area contributed by atoms with Crippen LogP contribution in [0.3, 0.4) is 0 Å². The molecule has 0 aliphatic carbocycles. The number of ether oxygens (including phenoxy) is 1. The Kier molecular flexibility index (Phi) is 3.55. The molecule has 2 heterocycles. The van der Waals surface area contributed by atoms with Gasteiger partial charge in [-0.05, 0) is 28.6 Å². The summed E-state index contributed by atoms with van der Waals surface area (Å²) in [6.45, 7) is 2.28. The lowest BCUT2D eigenvalue weighted by atomic mass is 10.1. The number of fused-ring (bicyclic) bond motifs is 1. The highest BCUT2D eigenvalue weighted by Gasteiger charge is 2.10. The summed E-state index contributed by atoms with van der Waals surface area (Å²) in [5.74, 6) is 0.674. The number of carbonyl (C=O) groups is 1. The molecule has 2 aromatic rings. The predicted molar refractivity (Wildman–Crippen MR) is 70.1 cm³/mol. The molecule has 2 N–H and O–H groups in total. The van der Waals surface area contributed by atoms with Gasteiger partial charge < -0.3 is 15.4 Å². The number of carbonyl (C=O) groups excluding carboxylic acids is 1. The van der Waals surface area contributed by atoms with Gasteiger partial charge in [-0.2, -0.15) is 0 Å². The number of nitrogens with one attached hydrogen (secondary N) is 2. The second-order valence-corrected chi connectivity index (χ2v) is 4.40. The maximum absolute atomic E-state index is 11.8. The molecule has 1 aromatic heterocycles. The Balaban J connectivity index is 1.68. The van der Waals surface area contributed by atoms with Crippen LogP contribution in [-0.4, -0.2) is 39.3 Å². The molecule has 20 heavy (non-hydrogen) atoms. The first kappa shape index (κ1) is 12.5. The lowest BCUT2D eigenvalue weighted by Gasteiger charge is -2.10. The van der Waals surface area contributed by atoms with Crippen LogP contribution in [0.1, 0.15) is 5.56 Å². The van der Waals surface area contributed by atoms with E-state index in [1.54, 1.807) is 0 Å². The standard InChI is InChI=1S/C12H14N6O2/c19-12(7-18-8-14-16-17-18)15-10-1-2-11-9(5-10)6-13-3-4-20-11/h1-2,5,8,13H,3-4,6-7H2,(H,15,19). The number of hydrogen-bond donors (Lipinski definition) is 2. The summed E-state index contributed by atoms with van der Waals surface area (Å²) in [4.78, 5) is 11.8. The van der Waals surface area contributed by atoms with E-state index < -0.39 is 0 Å². The Morgan fingerprint density at radius 3 is 3.30 bits per heavy atom. The van der Waals surface area contributed by atoms with E-state index in [-0.39, 0.29) is 12.5 Å². The van der Waals surface area contributed by atoms with Gasteiger partial charge in [0, 0.05) is 24.3 Å². The molecule has 1 aliphatic rings. The molecule has 0 saturated carbocycles. The molecule has 0 bridgehead atoms. The van der Waals surface area contributed by atoms with E-state index in [0.29, 0.717) is 6.61 Å². The van der Waals surface area contributed by atoms with Crippen LogP contribution in [0.2, 0.25) is 0 Å². The molecule has 1 aliphatic heterocycles. The summed E-state index contributed by atoms with van der Waals surface area (Å²) >= 11 is 0. The number of anilines is 1. The van der Waals surface area contributed by atoms with Gasteiger partial charge in [-0.25, -0.2) is 4.68 Å². The van der Waals surface area contributed by atoms with Crippen LogP contribution in [0.5, 0.6) is 5.75 Å². The highest BCUT2D eigenvalue weighted by atomic mass is 16.5. The highest BCUT2D eigenvalue weighted by Crippen LogP contribution is 2.24. The first-order valence-electron chi connectivity index (χ1n) is 6.28. The van der Waals surface area contributed by atoms with Crippen LogP contribution in [0.25, 0.3) is 0 Å². The van der Waals surface area contributed by atoms with Crippen molar-refractivity contribution in [2.45, 2.75) is 13.1 Å². The summed E-state index contributed by atoms with van der Waals surface area (Å²) in [6, 6.07) is 5.60. The number of amides is 1. The van der Waals surface area contributed by atoms with Crippen molar-refractivity contribution in [1.29, 1.82) is 0 Å². The molecule has 0 atom stereocenters. The van der Waals surface area contributed by atoms with Crippen LogP contribution in [0.4, 0.5) is 5.69 Å². The number of hydrogen-bond acceptors (Lipinski definition) is 6. The average Bonchev–Trinajstić information content (AvgIpc) is 2.82. The van der Waals surface area contributed by atoms with Gasteiger partial charge in [0.25, 0.3) is 0 Å². The molecular weight excluding hydrogens is 260 g/mol. The quantitative estimate of drug-likeness (QED) is 0.804. The normalized spacial score (nSPS) is 14.0. The molecule has 1 aromatic carbocycles. The van der Waals surface area contributed by atoms with Crippen LogP contribution in [-0.2, 0) is 17.9 Å². The second kappa shape index (κ2) is 5.66. The Morgan fingerprint density at radius 1 is 1.50 bits per heavy atom. The van der Waals surface area contributed by atoms with Gasteiger partial charge in [0.1, 0.15) is 25.2 Å². The monoisotopic (exact) mass is 274 g/mol. The molecule has 0 spiro atoms. The Morgan fingerprint density at radius 2 is 2.45 bits per heavy atom. The number of nitrogens with zero attached hydrogens (tertiary/aromatic N) is 4. The van der Waals surface area contributed by atoms with E-state index >= 15 is 0 Å². The zero-order valence-corrected chi connectivity index (χ0v) is 10.7. The summed E-state index contributed by atoms with van der Waals surface area (Å²) < 4.78 is 6.95. The van der Waals surface area contributed by atoms with Crippen molar-refractivity contribution in [3.63, 3.8) is 0 Å². The highest BCUT2D eigenvalue weighted by molar-refractivity contribution is 5.90. The van der Waals surface area contributed by atoms with Crippen molar-refractivity contribution >= 4 is 11.6 Å². The SMILES string of the molecule is O=C(Cn1cnnn1)Nc1ccc2c(c1)CNCCO2. The first-order chi connectivity index (χ1) is 9.81. The fourth-order valence-corrected chi connectivity index (χ4v) is 1.99. The lowest BCUT2D eigenvalue weighted by molar-refractivity contribution is -0.116. The van der Waals surface area contributed by atoms with E-state index in [1.807, 2.05) is 18.2 Å². The zero-order chi connectivity index (χ0) is 13.8. The van der Waals surface area contributed by atoms with Gasteiger partial charge in [-0.15, -0.1) is 5.10 Å². The van der Waals surface area contributed by atoms with Crippen molar-refractivity contribution in [1.82, 2.24) is 25.5 Å². The van der Waals surface area contributed by atoms with Crippen molar-refractivity contribution in [2.75, 3.05) is 18.5 Å². The van der Waals surface area contributed by atoms with Crippen molar-refractivity contribution in [3.05, 3.63) is 30.1 Å². The minimum absolute atomic E-state index is 0.0822. The fourth-order valence-electron chi connectivity index (χ4n) is 1.99. The number of aromatic nitrogens is 4. The maximum Gasteiger partial charge on any atom is 0.246 e. The molecule has 0 radical (unpaired) electrons. The molecule has 8 nitrogen and oxygen atoms in total. The molecule has 8 heteroatoms.